The van der Waals surface area contributed by atoms with E-state index in [1.54, 1.807) is 31.4 Å². The second-order valence-corrected chi connectivity index (χ2v) is 5.44. The Hall–Kier alpha value is -2.82. The lowest BCUT2D eigenvalue weighted by Crippen LogP contribution is -2.34. The SMILES string of the molecule is COc1ccc(C)cc1NCCN1C(=O)c2ccccc2C1=O. The summed E-state index contributed by atoms with van der Waals surface area (Å²) in [5.74, 6) is 0.269. The van der Waals surface area contributed by atoms with Crippen LogP contribution in [0.15, 0.2) is 42.5 Å². The third-order valence-electron chi connectivity index (χ3n) is 3.88. The maximum absolute atomic E-state index is 12.3. The van der Waals surface area contributed by atoms with Crippen LogP contribution in [0.25, 0.3) is 0 Å². The molecule has 1 aliphatic heterocycles. The van der Waals surface area contributed by atoms with Crippen molar-refractivity contribution in [1.29, 1.82) is 0 Å². The maximum atomic E-state index is 12.3. The van der Waals surface area contributed by atoms with Crippen molar-refractivity contribution in [3.63, 3.8) is 0 Å². The molecule has 1 heterocycles. The number of aryl methyl sites for hydroxylation is 1. The summed E-state index contributed by atoms with van der Waals surface area (Å²) in [4.78, 5) is 25.8. The highest BCUT2D eigenvalue weighted by molar-refractivity contribution is 6.21. The highest BCUT2D eigenvalue weighted by Crippen LogP contribution is 2.25. The lowest BCUT2D eigenvalue weighted by atomic mass is 10.1. The van der Waals surface area contributed by atoms with Gasteiger partial charge < -0.3 is 10.1 Å². The van der Waals surface area contributed by atoms with Gasteiger partial charge in [0.25, 0.3) is 11.8 Å². The number of carbonyl (C=O) groups excluding carboxylic acids is 2. The molecule has 2 aromatic carbocycles. The summed E-state index contributed by atoms with van der Waals surface area (Å²) in [6.07, 6.45) is 0. The molecule has 0 atom stereocenters. The van der Waals surface area contributed by atoms with E-state index in [2.05, 4.69) is 5.32 Å². The summed E-state index contributed by atoms with van der Waals surface area (Å²) in [6.45, 7) is 2.77. The number of amides is 2. The van der Waals surface area contributed by atoms with Crippen molar-refractivity contribution in [3.05, 3.63) is 59.2 Å². The number of ether oxygens (including phenoxy) is 1. The van der Waals surface area contributed by atoms with Gasteiger partial charge in [-0.1, -0.05) is 18.2 Å². The topological polar surface area (TPSA) is 58.6 Å². The van der Waals surface area contributed by atoms with Gasteiger partial charge in [-0.15, -0.1) is 0 Å². The van der Waals surface area contributed by atoms with Gasteiger partial charge in [0.05, 0.1) is 23.9 Å². The Morgan fingerprint density at radius 2 is 1.70 bits per heavy atom. The van der Waals surface area contributed by atoms with Crippen molar-refractivity contribution < 1.29 is 14.3 Å². The number of hydrogen-bond donors (Lipinski definition) is 1. The molecule has 0 bridgehead atoms. The first kappa shape index (κ1) is 15.1. The van der Waals surface area contributed by atoms with Gasteiger partial charge in [0, 0.05) is 13.1 Å². The van der Waals surface area contributed by atoms with E-state index in [0.29, 0.717) is 24.2 Å². The second-order valence-electron chi connectivity index (χ2n) is 5.44. The van der Waals surface area contributed by atoms with Crippen molar-refractivity contribution in [1.82, 2.24) is 4.90 Å². The number of carbonyl (C=O) groups is 2. The fourth-order valence-corrected chi connectivity index (χ4v) is 2.70. The van der Waals surface area contributed by atoms with Crippen LogP contribution in [0.5, 0.6) is 5.75 Å². The van der Waals surface area contributed by atoms with E-state index in [1.165, 1.54) is 4.90 Å². The summed E-state index contributed by atoms with van der Waals surface area (Å²) in [7, 11) is 1.61. The molecule has 2 amide bonds. The van der Waals surface area contributed by atoms with Crippen LogP contribution in [-0.4, -0.2) is 36.9 Å². The zero-order valence-electron chi connectivity index (χ0n) is 13.1. The minimum Gasteiger partial charge on any atom is -0.495 e. The van der Waals surface area contributed by atoms with E-state index in [0.717, 1.165) is 17.0 Å². The number of fused-ring (bicyclic) bond motifs is 1. The maximum Gasteiger partial charge on any atom is 0.261 e. The molecule has 5 heteroatoms. The number of nitrogens with zero attached hydrogens (tertiary/aromatic N) is 1. The summed E-state index contributed by atoms with van der Waals surface area (Å²) in [5.41, 5.74) is 2.91. The summed E-state index contributed by atoms with van der Waals surface area (Å²) >= 11 is 0. The molecule has 3 rings (SSSR count). The summed E-state index contributed by atoms with van der Waals surface area (Å²) in [5, 5.41) is 3.23. The summed E-state index contributed by atoms with van der Waals surface area (Å²) in [6, 6.07) is 12.7. The van der Waals surface area contributed by atoms with E-state index >= 15 is 0 Å². The number of benzene rings is 2. The Morgan fingerprint density at radius 3 is 2.30 bits per heavy atom. The molecule has 0 unspecified atom stereocenters. The van der Waals surface area contributed by atoms with E-state index in [9.17, 15) is 9.59 Å². The minimum atomic E-state index is -0.233. The van der Waals surface area contributed by atoms with Crippen molar-refractivity contribution >= 4 is 17.5 Å². The van der Waals surface area contributed by atoms with Gasteiger partial charge >= 0.3 is 0 Å². The quantitative estimate of drug-likeness (QED) is 0.863. The van der Waals surface area contributed by atoms with Gasteiger partial charge in [-0.2, -0.15) is 0 Å². The lowest BCUT2D eigenvalue weighted by Gasteiger charge is -2.16. The van der Waals surface area contributed by atoms with Crippen LogP contribution < -0.4 is 10.1 Å². The number of hydrogen-bond acceptors (Lipinski definition) is 4. The Labute approximate surface area is 134 Å². The van der Waals surface area contributed by atoms with Gasteiger partial charge in [-0.25, -0.2) is 0 Å². The average Bonchev–Trinajstić information content (AvgIpc) is 2.80. The Kier molecular flexibility index (Phi) is 4.02. The fourth-order valence-electron chi connectivity index (χ4n) is 2.70. The minimum absolute atomic E-state index is 0.233. The smallest absolute Gasteiger partial charge is 0.261 e. The third kappa shape index (κ3) is 2.77. The third-order valence-corrected chi connectivity index (χ3v) is 3.88. The van der Waals surface area contributed by atoms with Gasteiger partial charge in [0.15, 0.2) is 0 Å². The van der Waals surface area contributed by atoms with Crippen LogP contribution >= 0.6 is 0 Å². The zero-order valence-corrected chi connectivity index (χ0v) is 13.1. The van der Waals surface area contributed by atoms with Gasteiger partial charge in [0.2, 0.25) is 0 Å². The highest BCUT2D eigenvalue weighted by atomic mass is 16.5. The predicted octanol–water partition coefficient (Wildman–Crippen LogP) is 2.71. The van der Waals surface area contributed by atoms with E-state index < -0.39 is 0 Å². The zero-order chi connectivity index (χ0) is 16.4. The molecule has 0 saturated carbocycles. The molecule has 0 aliphatic carbocycles. The first-order chi connectivity index (χ1) is 11.1. The van der Waals surface area contributed by atoms with Crippen LogP contribution in [-0.2, 0) is 0 Å². The lowest BCUT2D eigenvalue weighted by molar-refractivity contribution is 0.0660. The normalized spacial score (nSPS) is 13.2. The molecular formula is C18H18N2O3. The van der Waals surface area contributed by atoms with E-state index in [-0.39, 0.29) is 11.8 Å². The Bertz CT molecular complexity index is 736. The van der Waals surface area contributed by atoms with E-state index in [1.807, 2.05) is 25.1 Å². The molecule has 0 saturated heterocycles. The number of imide groups is 1. The number of anilines is 1. The van der Waals surface area contributed by atoms with Crippen molar-refractivity contribution in [2.24, 2.45) is 0 Å². The fraction of sp³-hybridized carbons (Fsp3) is 0.222. The standard InChI is InChI=1S/C18H18N2O3/c1-12-7-8-16(23-2)15(11-12)19-9-10-20-17(21)13-5-3-4-6-14(13)18(20)22/h3-8,11,19H,9-10H2,1-2H3. The molecule has 0 aromatic heterocycles. The van der Waals surface area contributed by atoms with Crippen LogP contribution in [0.1, 0.15) is 26.3 Å². The van der Waals surface area contributed by atoms with Crippen LogP contribution in [0, 0.1) is 6.92 Å². The van der Waals surface area contributed by atoms with Gasteiger partial charge in [-0.3, -0.25) is 14.5 Å². The Balaban J connectivity index is 1.68. The Morgan fingerprint density at radius 1 is 1.04 bits per heavy atom. The van der Waals surface area contributed by atoms with E-state index in [4.69, 9.17) is 4.74 Å². The molecule has 0 fully saturated rings. The molecule has 0 radical (unpaired) electrons. The molecule has 23 heavy (non-hydrogen) atoms. The van der Waals surface area contributed by atoms with Crippen molar-refractivity contribution in [2.75, 3.05) is 25.5 Å². The van der Waals surface area contributed by atoms with Gasteiger partial charge in [-0.05, 0) is 36.8 Å². The molecule has 2 aromatic rings. The largest absolute Gasteiger partial charge is 0.495 e. The van der Waals surface area contributed by atoms with Crippen LogP contribution in [0.3, 0.4) is 0 Å². The number of rotatable bonds is 5. The predicted molar refractivity (Wildman–Crippen MR) is 88.0 cm³/mol. The summed E-state index contributed by atoms with van der Waals surface area (Å²) < 4.78 is 5.31. The van der Waals surface area contributed by atoms with Gasteiger partial charge in [0.1, 0.15) is 5.75 Å². The molecule has 0 spiro atoms. The van der Waals surface area contributed by atoms with Crippen molar-refractivity contribution in [3.8, 4) is 5.75 Å². The van der Waals surface area contributed by atoms with Crippen molar-refractivity contribution in [2.45, 2.75) is 6.92 Å². The second kappa shape index (κ2) is 6.12. The molecule has 1 aliphatic rings. The number of methoxy groups -OCH3 is 1. The average molecular weight is 310 g/mol. The first-order valence-electron chi connectivity index (χ1n) is 7.45. The molecule has 118 valence electrons. The number of nitrogens with one attached hydrogen (secondary N) is 1. The molecule has 5 nitrogen and oxygen atoms in total. The van der Waals surface area contributed by atoms with Crippen LogP contribution in [0.2, 0.25) is 0 Å². The monoisotopic (exact) mass is 310 g/mol. The molecule has 1 N–H and O–H groups in total. The first-order valence-corrected chi connectivity index (χ1v) is 7.45. The molecular weight excluding hydrogens is 292 g/mol. The highest BCUT2D eigenvalue weighted by Gasteiger charge is 2.34. The van der Waals surface area contributed by atoms with Crippen LogP contribution in [0.4, 0.5) is 5.69 Å².